The SMILES string of the molecule is C[C@@H]1CC[C@@]2(C)C3CCC(=O)[C@H](C)[C@@]3(C)CCC2[C@@]1(C)Cc1c[nH]c2cc(O)ccc12. The lowest BCUT2D eigenvalue weighted by molar-refractivity contribution is -0.182. The molecule has 0 aliphatic heterocycles. The predicted octanol–water partition coefficient (Wildman–Crippen LogP) is 6.89. The third kappa shape index (κ3) is 2.87. The zero-order chi connectivity index (χ0) is 22.2. The molecule has 2 aromatic rings. The highest BCUT2D eigenvalue weighted by molar-refractivity contribution is 5.84. The minimum absolute atomic E-state index is 0.167. The number of carbonyl (C=O) groups excluding carboxylic acids is 1. The number of aromatic nitrogens is 1. The summed E-state index contributed by atoms with van der Waals surface area (Å²) in [5.74, 6) is 3.03. The molecular weight excluding hydrogens is 382 g/mol. The quantitative estimate of drug-likeness (QED) is 0.555. The molecule has 31 heavy (non-hydrogen) atoms. The second-order valence-corrected chi connectivity index (χ2v) is 12.0. The zero-order valence-electron chi connectivity index (χ0n) is 19.9. The number of ketones is 1. The smallest absolute Gasteiger partial charge is 0.136 e. The molecule has 3 heteroatoms. The van der Waals surface area contributed by atoms with Gasteiger partial charge in [0, 0.05) is 35.5 Å². The number of nitrogens with one attached hydrogen (secondary N) is 1. The van der Waals surface area contributed by atoms with Gasteiger partial charge in [0.05, 0.1) is 0 Å². The Hall–Kier alpha value is -1.77. The van der Waals surface area contributed by atoms with E-state index in [-0.39, 0.29) is 16.7 Å². The van der Waals surface area contributed by atoms with Gasteiger partial charge in [0.15, 0.2) is 0 Å². The summed E-state index contributed by atoms with van der Waals surface area (Å²) < 4.78 is 0. The maximum atomic E-state index is 12.6. The van der Waals surface area contributed by atoms with Crippen molar-refractivity contribution in [1.82, 2.24) is 4.98 Å². The maximum absolute atomic E-state index is 12.6. The molecule has 0 amide bonds. The summed E-state index contributed by atoms with van der Waals surface area (Å²) in [6.07, 6.45) is 10.1. The van der Waals surface area contributed by atoms with Crippen LogP contribution in [0.25, 0.3) is 10.9 Å². The van der Waals surface area contributed by atoms with Crippen LogP contribution in [-0.2, 0) is 11.2 Å². The van der Waals surface area contributed by atoms with Gasteiger partial charge in [-0.25, -0.2) is 0 Å². The zero-order valence-corrected chi connectivity index (χ0v) is 19.9. The first-order valence-electron chi connectivity index (χ1n) is 12.4. The second kappa shape index (κ2) is 6.86. The molecule has 5 rings (SSSR count). The van der Waals surface area contributed by atoms with Crippen LogP contribution in [-0.4, -0.2) is 15.9 Å². The van der Waals surface area contributed by atoms with E-state index in [2.05, 4.69) is 51.9 Å². The summed E-state index contributed by atoms with van der Waals surface area (Å²) in [4.78, 5) is 16.0. The molecule has 0 saturated heterocycles. The Bertz CT molecular complexity index is 1020. The van der Waals surface area contributed by atoms with Crippen LogP contribution in [0, 0.1) is 39.9 Å². The average molecular weight is 422 g/mol. The van der Waals surface area contributed by atoms with Gasteiger partial charge >= 0.3 is 0 Å². The van der Waals surface area contributed by atoms with Gasteiger partial charge in [-0.3, -0.25) is 4.79 Å². The van der Waals surface area contributed by atoms with Crippen molar-refractivity contribution in [3.05, 3.63) is 30.0 Å². The summed E-state index contributed by atoms with van der Waals surface area (Å²) in [6.45, 7) is 12.3. The highest BCUT2D eigenvalue weighted by Gasteiger charge is 2.63. The third-order valence-corrected chi connectivity index (χ3v) is 10.9. The predicted molar refractivity (Wildman–Crippen MR) is 126 cm³/mol. The molecule has 0 radical (unpaired) electrons. The van der Waals surface area contributed by atoms with Crippen molar-refractivity contribution >= 4 is 16.7 Å². The van der Waals surface area contributed by atoms with Crippen molar-refractivity contribution in [1.29, 1.82) is 0 Å². The van der Waals surface area contributed by atoms with E-state index in [1.54, 1.807) is 0 Å². The van der Waals surface area contributed by atoms with Crippen molar-refractivity contribution in [2.24, 2.45) is 39.9 Å². The number of rotatable bonds is 2. The van der Waals surface area contributed by atoms with E-state index in [1.807, 2.05) is 12.1 Å². The highest BCUT2D eigenvalue weighted by atomic mass is 16.3. The number of benzene rings is 1. The Labute approximate surface area is 187 Å². The molecule has 0 bridgehead atoms. The van der Waals surface area contributed by atoms with Crippen LogP contribution in [0.15, 0.2) is 24.4 Å². The normalized spacial score (nSPS) is 42.9. The van der Waals surface area contributed by atoms with Gasteiger partial charge in [0.25, 0.3) is 0 Å². The Balaban J connectivity index is 1.53. The molecule has 1 aromatic carbocycles. The molecule has 3 aliphatic carbocycles. The van der Waals surface area contributed by atoms with Gasteiger partial charge in [0.1, 0.15) is 11.5 Å². The number of H-pyrrole nitrogens is 1. The van der Waals surface area contributed by atoms with E-state index in [4.69, 9.17) is 0 Å². The van der Waals surface area contributed by atoms with Gasteiger partial charge in [0.2, 0.25) is 0 Å². The first kappa shape index (κ1) is 21.1. The van der Waals surface area contributed by atoms with Crippen LogP contribution < -0.4 is 0 Å². The fourth-order valence-corrected chi connectivity index (χ4v) is 8.66. The first-order chi connectivity index (χ1) is 14.6. The lowest BCUT2D eigenvalue weighted by Gasteiger charge is -2.67. The molecule has 3 fully saturated rings. The summed E-state index contributed by atoms with van der Waals surface area (Å²) in [5, 5.41) is 11.1. The first-order valence-corrected chi connectivity index (χ1v) is 12.4. The lowest BCUT2D eigenvalue weighted by atomic mass is 9.37. The molecule has 3 aliphatic rings. The molecule has 3 nitrogen and oxygen atoms in total. The number of fused-ring (bicyclic) bond motifs is 4. The molecule has 3 saturated carbocycles. The second-order valence-electron chi connectivity index (χ2n) is 12.0. The van der Waals surface area contributed by atoms with Crippen molar-refractivity contribution in [2.75, 3.05) is 0 Å². The monoisotopic (exact) mass is 421 g/mol. The number of hydrogen-bond acceptors (Lipinski definition) is 2. The van der Waals surface area contributed by atoms with Gasteiger partial charge in [-0.2, -0.15) is 0 Å². The maximum Gasteiger partial charge on any atom is 0.136 e. The van der Waals surface area contributed by atoms with Crippen LogP contribution in [0.3, 0.4) is 0 Å². The van der Waals surface area contributed by atoms with Crippen molar-refractivity contribution in [2.45, 2.75) is 79.6 Å². The van der Waals surface area contributed by atoms with Gasteiger partial charge in [-0.1, -0.05) is 34.6 Å². The van der Waals surface area contributed by atoms with E-state index in [1.165, 1.54) is 36.6 Å². The molecule has 2 N–H and O–H groups in total. The number of Topliss-reactive ketones (excluding diaryl/α,β-unsaturated/α-hetero) is 1. The van der Waals surface area contributed by atoms with Crippen LogP contribution >= 0.6 is 0 Å². The fourth-order valence-electron chi connectivity index (χ4n) is 8.66. The van der Waals surface area contributed by atoms with Crippen LogP contribution in [0.4, 0.5) is 0 Å². The molecule has 1 heterocycles. The molecule has 7 atom stereocenters. The van der Waals surface area contributed by atoms with Crippen LogP contribution in [0.2, 0.25) is 0 Å². The summed E-state index contributed by atoms with van der Waals surface area (Å²) in [6, 6.07) is 5.71. The third-order valence-electron chi connectivity index (χ3n) is 10.9. The number of phenols is 1. The van der Waals surface area contributed by atoms with E-state index in [0.29, 0.717) is 34.7 Å². The Kier molecular flexibility index (Phi) is 4.67. The van der Waals surface area contributed by atoms with Crippen molar-refractivity contribution in [3.63, 3.8) is 0 Å². The van der Waals surface area contributed by atoms with Gasteiger partial charge in [-0.05, 0) is 90.2 Å². The standard InChI is InChI=1S/C28H39NO2/c1-17-10-12-27(4)24-9-8-23(31)18(2)26(24,3)13-11-25(27)28(17,5)15-19-16-29-22-14-20(30)6-7-21(19)22/h6-7,14,16-18,24-25,29-30H,8-13,15H2,1-5H3/t17-,18+,24?,25?,26-,27+,28+/m1/s1. The molecule has 0 spiro atoms. The average Bonchev–Trinajstić information content (AvgIpc) is 3.10. The Morgan fingerprint density at radius 3 is 2.55 bits per heavy atom. The topological polar surface area (TPSA) is 53.1 Å². The number of aromatic amines is 1. The van der Waals surface area contributed by atoms with Gasteiger partial charge in [-0.15, -0.1) is 0 Å². The van der Waals surface area contributed by atoms with E-state index in [0.717, 1.165) is 24.8 Å². The largest absolute Gasteiger partial charge is 0.508 e. The molecule has 1 aromatic heterocycles. The molecule has 2 unspecified atom stereocenters. The summed E-state index contributed by atoms with van der Waals surface area (Å²) >= 11 is 0. The number of hydrogen-bond donors (Lipinski definition) is 2. The number of phenolic OH excluding ortho intramolecular Hbond substituents is 1. The van der Waals surface area contributed by atoms with E-state index < -0.39 is 0 Å². The van der Waals surface area contributed by atoms with Crippen molar-refractivity contribution in [3.8, 4) is 5.75 Å². The van der Waals surface area contributed by atoms with E-state index in [9.17, 15) is 9.90 Å². The summed E-state index contributed by atoms with van der Waals surface area (Å²) in [5.41, 5.74) is 3.13. The minimum Gasteiger partial charge on any atom is -0.508 e. The van der Waals surface area contributed by atoms with Crippen LogP contribution in [0.1, 0.15) is 78.7 Å². The fraction of sp³-hybridized carbons (Fsp3) is 0.679. The molecular formula is C28H39NO2. The van der Waals surface area contributed by atoms with E-state index >= 15 is 0 Å². The minimum atomic E-state index is 0.167. The van der Waals surface area contributed by atoms with Crippen LogP contribution in [0.5, 0.6) is 5.75 Å². The van der Waals surface area contributed by atoms with Crippen molar-refractivity contribution < 1.29 is 9.90 Å². The Morgan fingerprint density at radius 1 is 1.03 bits per heavy atom. The lowest BCUT2D eigenvalue weighted by Crippen LogP contribution is -2.61. The number of carbonyl (C=O) groups is 1. The summed E-state index contributed by atoms with van der Waals surface area (Å²) in [7, 11) is 0. The Morgan fingerprint density at radius 2 is 1.77 bits per heavy atom. The highest BCUT2D eigenvalue weighted by Crippen LogP contribution is 2.69. The number of aromatic hydroxyl groups is 1. The van der Waals surface area contributed by atoms with Gasteiger partial charge < -0.3 is 10.1 Å². The molecule has 168 valence electrons.